The average molecular weight is 457 g/mol. The molecule has 0 atom stereocenters. The smallest absolute Gasteiger partial charge is 0.135 e. The highest BCUT2D eigenvalue weighted by atomic mass is 16.5. The van der Waals surface area contributed by atoms with Gasteiger partial charge in [-0.05, 0) is 53.7 Å². The molecule has 4 aromatic rings. The summed E-state index contributed by atoms with van der Waals surface area (Å²) >= 11 is 0. The molecule has 0 heterocycles. The van der Waals surface area contributed by atoms with Crippen LogP contribution in [0.4, 0.5) is 0 Å². The molecule has 0 spiro atoms. The number of aryl methyl sites for hydroxylation is 2. The van der Waals surface area contributed by atoms with Crippen molar-refractivity contribution in [2.24, 2.45) is 0 Å². The van der Waals surface area contributed by atoms with Gasteiger partial charge >= 0.3 is 0 Å². The molecule has 0 saturated heterocycles. The maximum Gasteiger partial charge on any atom is 0.135 e. The fourth-order valence-corrected chi connectivity index (χ4v) is 5.15. The number of fused-ring (bicyclic) bond motifs is 6. The standard InChI is InChI=1S/C30H32O4/c1-7-31-27-19-13-11-17(5)15-21(19)29(33-9-3)25-23(27)26-24(25)28(32-8-2)20-14-12-18(6)16-22(20)30(26)34-10-4/h11-16H,7-10H2,1-6H3. The Morgan fingerprint density at radius 2 is 0.735 bits per heavy atom. The highest BCUT2D eigenvalue weighted by molar-refractivity contribution is 6.24. The van der Waals surface area contributed by atoms with E-state index < -0.39 is 0 Å². The third kappa shape index (κ3) is 3.19. The van der Waals surface area contributed by atoms with Crippen LogP contribution in [-0.4, -0.2) is 26.4 Å². The largest absolute Gasteiger partial charge is 0.493 e. The summed E-state index contributed by atoms with van der Waals surface area (Å²) in [5.41, 5.74) is 6.61. The van der Waals surface area contributed by atoms with E-state index in [2.05, 4.69) is 50.2 Å². The lowest BCUT2D eigenvalue weighted by Gasteiger charge is -2.34. The van der Waals surface area contributed by atoms with Crippen LogP contribution >= 0.6 is 0 Å². The van der Waals surface area contributed by atoms with Gasteiger partial charge < -0.3 is 18.9 Å². The molecule has 0 amide bonds. The van der Waals surface area contributed by atoms with E-state index in [1.807, 2.05) is 27.7 Å². The first kappa shape index (κ1) is 22.4. The van der Waals surface area contributed by atoms with Gasteiger partial charge in [-0.15, -0.1) is 0 Å². The summed E-state index contributed by atoms with van der Waals surface area (Å²) in [7, 11) is 0. The molecule has 0 N–H and O–H groups in total. The Bertz CT molecular complexity index is 1290. The van der Waals surface area contributed by atoms with Gasteiger partial charge in [-0.25, -0.2) is 0 Å². The Morgan fingerprint density at radius 3 is 1.03 bits per heavy atom. The summed E-state index contributed by atoms with van der Waals surface area (Å²) in [5, 5.41) is 4.26. The van der Waals surface area contributed by atoms with E-state index in [9.17, 15) is 0 Å². The number of hydrogen-bond donors (Lipinski definition) is 0. The van der Waals surface area contributed by atoms with Gasteiger partial charge in [0, 0.05) is 43.8 Å². The molecule has 1 aliphatic rings. The first-order chi connectivity index (χ1) is 16.5. The van der Waals surface area contributed by atoms with Crippen molar-refractivity contribution in [3.8, 4) is 45.3 Å². The van der Waals surface area contributed by atoms with Gasteiger partial charge in [0.05, 0.1) is 26.4 Å². The van der Waals surface area contributed by atoms with Gasteiger partial charge in [0.25, 0.3) is 0 Å². The average Bonchev–Trinajstić information content (AvgIpc) is 2.80. The predicted octanol–water partition coefficient (Wildman–Crippen LogP) is 7.85. The summed E-state index contributed by atoms with van der Waals surface area (Å²) in [6, 6.07) is 12.9. The predicted molar refractivity (Wildman–Crippen MR) is 140 cm³/mol. The molecule has 0 radical (unpaired) electrons. The van der Waals surface area contributed by atoms with Gasteiger partial charge in [-0.3, -0.25) is 0 Å². The van der Waals surface area contributed by atoms with Gasteiger partial charge in [0.15, 0.2) is 0 Å². The summed E-state index contributed by atoms with van der Waals surface area (Å²) in [6.07, 6.45) is 0. The first-order valence-corrected chi connectivity index (χ1v) is 12.3. The zero-order chi connectivity index (χ0) is 24.0. The second-order valence-electron chi connectivity index (χ2n) is 8.65. The molecule has 4 nitrogen and oxygen atoms in total. The van der Waals surface area contributed by atoms with Crippen LogP contribution < -0.4 is 18.9 Å². The Kier molecular flexibility index (Phi) is 5.76. The van der Waals surface area contributed by atoms with Gasteiger partial charge in [0.2, 0.25) is 0 Å². The lowest BCUT2D eigenvalue weighted by Crippen LogP contribution is -2.12. The molecule has 0 bridgehead atoms. The zero-order valence-electron chi connectivity index (χ0n) is 20.9. The second kappa shape index (κ2) is 8.75. The highest BCUT2D eigenvalue weighted by Crippen LogP contribution is 2.67. The van der Waals surface area contributed by atoms with E-state index in [-0.39, 0.29) is 0 Å². The van der Waals surface area contributed by atoms with E-state index in [1.165, 1.54) is 11.1 Å². The fourth-order valence-electron chi connectivity index (χ4n) is 5.15. The Balaban J connectivity index is 1.98. The van der Waals surface area contributed by atoms with Crippen molar-refractivity contribution in [3.05, 3.63) is 47.5 Å². The van der Waals surface area contributed by atoms with Crippen LogP contribution in [0.1, 0.15) is 38.8 Å². The summed E-state index contributed by atoms with van der Waals surface area (Å²) < 4.78 is 25.3. The van der Waals surface area contributed by atoms with Crippen molar-refractivity contribution >= 4 is 21.5 Å². The molecule has 34 heavy (non-hydrogen) atoms. The van der Waals surface area contributed by atoms with Gasteiger partial charge in [-0.1, -0.05) is 35.4 Å². The summed E-state index contributed by atoms with van der Waals surface area (Å²) in [6.45, 7) is 14.6. The van der Waals surface area contributed by atoms with E-state index in [0.29, 0.717) is 26.4 Å². The molecule has 176 valence electrons. The van der Waals surface area contributed by atoms with Crippen LogP contribution in [0.2, 0.25) is 0 Å². The van der Waals surface area contributed by atoms with Crippen molar-refractivity contribution in [1.82, 2.24) is 0 Å². The van der Waals surface area contributed by atoms with Crippen LogP contribution in [0.15, 0.2) is 36.4 Å². The van der Waals surface area contributed by atoms with E-state index >= 15 is 0 Å². The first-order valence-electron chi connectivity index (χ1n) is 12.3. The Labute approximate surface area is 201 Å². The van der Waals surface area contributed by atoms with Crippen LogP contribution in [0.25, 0.3) is 43.8 Å². The third-order valence-corrected chi connectivity index (χ3v) is 6.39. The minimum atomic E-state index is 0.577. The van der Waals surface area contributed by atoms with Crippen molar-refractivity contribution < 1.29 is 18.9 Å². The lowest BCUT2D eigenvalue weighted by atomic mass is 9.74. The molecule has 0 aromatic heterocycles. The van der Waals surface area contributed by atoms with Crippen molar-refractivity contribution in [2.75, 3.05) is 26.4 Å². The highest BCUT2D eigenvalue weighted by Gasteiger charge is 2.40. The molecule has 1 aliphatic carbocycles. The second-order valence-corrected chi connectivity index (χ2v) is 8.65. The topological polar surface area (TPSA) is 36.9 Å². The number of benzene rings is 4. The van der Waals surface area contributed by atoms with Gasteiger partial charge in [0.1, 0.15) is 23.0 Å². The van der Waals surface area contributed by atoms with Crippen LogP contribution in [0, 0.1) is 13.8 Å². The summed E-state index contributed by atoms with van der Waals surface area (Å²) in [5.74, 6) is 3.56. The minimum absolute atomic E-state index is 0.577. The molecule has 4 aromatic carbocycles. The molecular weight excluding hydrogens is 424 g/mol. The molecule has 4 heteroatoms. The maximum absolute atomic E-state index is 6.34. The van der Waals surface area contributed by atoms with E-state index in [0.717, 1.165) is 66.8 Å². The Hall–Kier alpha value is -3.40. The van der Waals surface area contributed by atoms with Crippen LogP contribution in [0.3, 0.4) is 0 Å². The van der Waals surface area contributed by atoms with E-state index in [1.54, 1.807) is 0 Å². The van der Waals surface area contributed by atoms with E-state index in [4.69, 9.17) is 18.9 Å². The van der Waals surface area contributed by atoms with Crippen LogP contribution in [0.5, 0.6) is 23.0 Å². The van der Waals surface area contributed by atoms with Crippen molar-refractivity contribution in [2.45, 2.75) is 41.5 Å². The SMILES string of the molecule is CCOc1c2c(c(OCC)c3cc(C)ccc13)-c1c-2c(OCC)c2cc(C)ccc2c1OCC. The molecule has 0 saturated carbocycles. The molecule has 0 unspecified atom stereocenters. The zero-order valence-corrected chi connectivity index (χ0v) is 20.9. The maximum atomic E-state index is 6.34. The molecule has 5 rings (SSSR count). The summed E-state index contributed by atoms with van der Waals surface area (Å²) in [4.78, 5) is 0. The number of hydrogen-bond acceptors (Lipinski definition) is 4. The molecule has 0 aliphatic heterocycles. The normalized spacial score (nSPS) is 11.7. The van der Waals surface area contributed by atoms with Crippen molar-refractivity contribution in [3.63, 3.8) is 0 Å². The monoisotopic (exact) mass is 456 g/mol. The Morgan fingerprint density at radius 1 is 0.441 bits per heavy atom. The fraction of sp³-hybridized carbons (Fsp3) is 0.333. The van der Waals surface area contributed by atoms with Crippen LogP contribution in [-0.2, 0) is 0 Å². The quantitative estimate of drug-likeness (QED) is 0.238. The van der Waals surface area contributed by atoms with Gasteiger partial charge in [-0.2, -0.15) is 0 Å². The van der Waals surface area contributed by atoms with Crippen molar-refractivity contribution in [1.29, 1.82) is 0 Å². The lowest BCUT2D eigenvalue weighted by molar-refractivity contribution is 0.330. The number of ether oxygens (including phenoxy) is 4. The molecular formula is C30H32O4. The number of rotatable bonds is 8. The minimum Gasteiger partial charge on any atom is -0.493 e. The third-order valence-electron chi connectivity index (χ3n) is 6.39. The molecule has 0 fully saturated rings.